The number of amides is 1. The van der Waals surface area contributed by atoms with E-state index in [1.54, 1.807) is 49.4 Å². The quantitative estimate of drug-likeness (QED) is 0.542. The molecule has 0 unspecified atom stereocenters. The van der Waals surface area contributed by atoms with Gasteiger partial charge in [-0.1, -0.05) is 18.2 Å². The van der Waals surface area contributed by atoms with E-state index in [-0.39, 0.29) is 0 Å². The van der Waals surface area contributed by atoms with Gasteiger partial charge in [0.1, 0.15) is 5.75 Å². The Kier molecular flexibility index (Phi) is 7.97. The van der Waals surface area contributed by atoms with Gasteiger partial charge < -0.3 is 19.5 Å². The van der Waals surface area contributed by atoms with Gasteiger partial charge in [0.05, 0.1) is 19.3 Å². The van der Waals surface area contributed by atoms with Crippen molar-refractivity contribution in [1.82, 2.24) is 0 Å². The van der Waals surface area contributed by atoms with Crippen LogP contribution in [-0.4, -0.2) is 38.2 Å². The van der Waals surface area contributed by atoms with E-state index >= 15 is 0 Å². The lowest BCUT2D eigenvalue weighted by atomic mass is 10.1. The van der Waals surface area contributed by atoms with Crippen LogP contribution in [-0.2, 0) is 19.1 Å². The summed E-state index contributed by atoms with van der Waals surface area (Å²) in [6.07, 6.45) is 2.83. The Morgan fingerprint density at radius 1 is 1.07 bits per heavy atom. The van der Waals surface area contributed by atoms with Crippen LogP contribution in [0.4, 0.5) is 5.69 Å². The highest BCUT2D eigenvalue weighted by Crippen LogP contribution is 2.17. The second-order valence-electron chi connectivity index (χ2n) is 6.01. The van der Waals surface area contributed by atoms with Crippen molar-refractivity contribution >= 4 is 29.6 Å². The van der Waals surface area contributed by atoms with Crippen LogP contribution in [0.2, 0.25) is 0 Å². The van der Waals surface area contributed by atoms with Crippen LogP contribution in [0.25, 0.3) is 6.08 Å². The molecule has 2 aromatic carbocycles. The van der Waals surface area contributed by atoms with Crippen LogP contribution >= 0.6 is 0 Å². The van der Waals surface area contributed by atoms with E-state index < -0.39 is 24.5 Å². The van der Waals surface area contributed by atoms with Gasteiger partial charge in [0.2, 0.25) is 0 Å². The van der Waals surface area contributed by atoms with Crippen molar-refractivity contribution in [2.45, 2.75) is 13.8 Å². The zero-order chi connectivity index (χ0) is 21.2. The predicted molar refractivity (Wildman–Crippen MR) is 109 cm³/mol. The summed E-state index contributed by atoms with van der Waals surface area (Å²) in [6, 6.07) is 12.0. The van der Waals surface area contributed by atoms with Gasteiger partial charge in [-0.05, 0) is 55.3 Å². The molecule has 2 aromatic rings. The minimum absolute atomic E-state index is 0.309. The average molecular weight is 397 g/mol. The fraction of sp³-hybridized carbons (Fsp3) is 0.227. The lowest BCUT2D eigenvalue weighted by Crippen LogP contribution is -2.21. The molecule has 0 aliphatic carbocycles. The van der Waals surface area contributed by atoms with Crippen LogP contribution in [0.15, 0.2) is 48.5 Å². The van der Waals surface area contributed by atoms with Gasteiger partial charge in [-0.2, -0.15) is 0 Å². The van der Waals surface area contributed by atoms with E-state index in [0.29, 0.717) is 17.9 Å². The van der Waals surface area contributed by atoms with Crippen molar-refractivity contribution in [1.29, 1.82) is 0 Å². The number of hydrogen-bond acceptors (Lipinski definition) is 6. The van der Waals surface area contributed by atoms with Crippen molar-refractivity contribution in [3.05, 3.63) is 65.2 Å². The second kappa shape index (κ2) is 10.7. The number of aryl methyl sites for hydroxylation is 1. The summed E-state index contributed by atoms with van der Waals surface area (Å²) in [5.74, 6) is -0.922. The highest BCUT2D eigenvalue weighted by molar-refractivity contribution is 5.97. The van der Waals surface area contributed by atoms with E-state index in [9.17, 15) is 14.4 Å². The summed E-state index contributed by atoms with van der Waals surface area (Å²) in [6.45, 7) is 3.81. The number of carbonyl (C=O) groups excluding carboxylic acids is 3. The maximum absolute atomic E-state index is 12.1. The molecule has 0 aromatic heterocycles. The van der Waals surface area contributed by atoms with Crippen molar-refractivity contribution < 1.29 is 28.6 Å². The Morgan fingerprint density at radius 3 is 2.45 bits per heavy atom. The number of methoxy groups -OCH3 is 1. The van der Waals surface area contributed by atoms with Crippen molar-refractivity contribution in [3.8, 4) is 5.75 Å². The molecule has 7 heteroatoms. The first-order valence-corrected chi connectivity index (χ1v) is 8.99. The van der Waals surface area contributed by atoms with Crippen molar-refractivity contribution in [2.24, 2.45) is 0 Å². The van der Waals surface area contributed by atoms with Crippen LogP contribution in [0.5, 0.6) is 5.75 Å². The minimum atomic E-state index is -0.644. The number of benzene rings is 2. The molecule has 2 rings (SSSR count). The number of rotatable bonds is 8. The van der Waals surface area contributed by atoms with Crippen LogP contribution in [0.1, 0.15) is 28.4 Å². The Labute approximate surface area is 169 Å². The monoisotopic (exact) mass is 397 g/mol. The lowest BCUT2D eigenvalue weighted by molar-refractivity contribution is -0.142. The highest BCUT2D eigenvalue weighted by atomic mass is 16.5. The SMILES string of the molecule is CCOc1ccc(/C=C/C(=O)OCC(=O)Nc2cc(C(=O)OC)ccc2C)cc1. The summed E-state index contributed by atoms with van der Waals surface area (Å²) in [5, 5.41) is 2.61. The summed E-state index contributed by atoms with van der Waals surface area (Å²) in [5.41, 5.74) is 2.31. The number of hydrogen-bond donors (Lipinski definition) is 1. The van der Waals surface area contributed by atoms with Gasteiger partial charge in [-0.15, -0.1) is 0 Å². The van der Waals surface area contributed by atoms with Gasteiger partial charge in [-0.25, -0.2) is 9.59 Å². The molecule has 0 fully saturated rings. The first-order valence-electron chi connectivity index (χ1n) is 8.99. The maximum Gasteiger partial charge on any atom is 0.337 e. The molecule has 152 valence electrons. The number of esters is 2. The van der Waals surface area contributed by atoms with E-state index in [1.807, 2.05) is 6.92 Å². The number of nitrogens with one attached hydrogen (secondary N) is 1. The van der Waals surface area contributed by atoms with Crippen LogP contribution < -0.4 is 10.1 Å². The fourth-order valence-corrected chi connectivity index (χ4v) is 2.38. The lowest BCUT2D eigenvalue weighted by Gasteiger charge is -2.10. The first-order chi connectivity index (χ1) is 13.9. The van der Waals surface area contributed by atoms with Crippen molar-refractivity contribution in [2.75, 3.05) is 25.6 Å². The third-order valence-corrected chi connectivity index (χ3v) is 3.88. The Balaban J connectivity index is 1.87. The number of anilines is 1. The van der Waals surface area contributed by atoms with Gasteiger partial charge in [0.25, 0.3) is 5.91 Å². The summed E-state index contributed by atoms with van der Waals surface area (Å²) < 4.78 is 15.0. The van der Waals surface area contributed by atoms with Gasteiger partial charge in [0.15, 0.2) is 6.61 Å². The zero-order valence-corrected chi connectivity index (χ0v) is 16.6. The topological polar surface area (TPSA) is 90.9 Å². The zero-order valence-electron chi connectivity index (χ0n) is 16.6. The molecule has 0 saturated carbocycles. The maximum atomic E-state index is 12.1. The van der Waals surface area contributed by atoms with E-state index in [0.717, 1.165) is 16.9 Å². The molecular formula is C22H23NO6. The molecule has 0 bridgehead atoms. The Hall–Kier alpha value is -3.61. The molecular weight excluding hydrogens is 374 g/mol. The first kappa shape index (κ1) is 21.7. The molecule has 1 N–H and O–H groups in total. The smallest absolute Gasteiger partial charge is 0.337 e. The molecule has 0 saturated heterocycles. The van der Waals surface area contributed by atoms with Gasteiger partial charge in [0, 0.05) is 11.8 Å². The van der Waals surface area contributed by atoms with E-state index in [1.165, 1.54) is 19.3 Å². The molecule has 29 heavy (non-hydrogen) atoms. The molecule has 0 aliphatic heterocycles. The number of carbonyl (C=O) groups is 3. The molecule has 0 aliphatic rings. The molecule has 0 atom stereocenters. The van der Waals surface area contributed by atoms with E-state index in [4.69, 9.17) is 9.47 Å². The molecule has 7 nitrogen and oxygen atoms in total. The third kappa shape index (κ3) is 6.80. The molecule has 0 heterocycles. The standard InChI is InChI=1S/C22H23NO6/c1-4-28-18-10-6-16(7-11-18)8-12-21(25)29-14-20(24)23-19-13-17(22(26)27-3)9-5-15(19)2/h5-13H,4,14H2,1-3H3,(H,23,24)/b12-8+. The number of ether oxygens (including phenoxy) is 3. The van der Waals surface area contributed by atoms with Crippen LogP contribution in [0, 0.1) is 6.92 Å². The Bertz CT molecular complexity index is 902. The van der Waals surface area contributed by atoms with Gasteiger partial charge >= 0.3 is 11.9 Å². The summed E-state index contributed by atoms with van der Waals surface area (Å²) >= 11 is 0. The average Bonchev–Trinajstić information content (AvgIpc) is 2.73. The van der Waals surface area contributed by atoms with Crippen LogP contribution in [0.3, 0.4) is 0 Å². The summed E-state index contributed by atoms with van der Waals surface area (Å²) in [4.78, 5) is 35.5. The highest BCUT2D eigenvalue weighted by Gasteiger charge is 2.11. The molecule has 0 radical (unpaired) electrons. The largest absolute Gasteiger partial charge is 0.494 e. The predicted octanol–water partition coefficient (Wildman–Crippen LogP) is 3.38. The van der Waals surface area contributed by atoms with E-state index in [2.05, 4.69) is 10.1 Å². The second-order valence-corrected chi connectivity index (χ2v) is 6.01. The molecule has 1 amide bonds. The van der Waals surface area contributed by atoms with Gasteiger partial charge in [-0.3, -0.25) is 4.79 Å². The minimum Gasteiger partial charge on any atom is -0.494 e. The van der Waals surface area contributed by atoms with Crippen molar-refractivity contribution in [3.63, 3.8) is 0 Å². The molecule has 0 spiro atoms. The Morgan fingerprint density at radius 2 is 1.79 bits per heavy atom. The summed E-state index contributed by atoms with van der Waals surface area (Å²) in [7, 11) is 1.28. The fourth-order valence-electron chi connectivity index (χ4n) is 2.38. The normalized spacial score (nSPS) is 10.4. The third-order valence-electron chi connectivity index (χ3n) is 3.88.